The van der Waals surface area contributed by atoms with Gasteiger partial charge in [-0.05, 0) is 29.8 Å². The molecule has 140 valence electrons. The van der Waals surface area contributed by atoms with Crippen LogP contribution in [-0.4, -0.2) is 32.8 Å². The summed E-state index contributed by atoms with van der Waals surface area (Å²) in [5.74, 6) is 2.11. The zero-order valence-corrected chi connectivity index (χ0v) is 15.1. The molecule has 0 bridgehead atoms. The first kappa shape index (κ1) is 18.3. The highest BCUT2D eigenvalue weighted by atomic mass is 19.1. The van der Waals surface area contributed by atoms with E-state index in [1.807, 2.05) is 13.1 Å². The molecule has 0 fully saturated rings. The van der Waals surface area contributed by atoms with Crippen LogP contribution in [0.3, 0.4) is 0 Å². The number of nitrogens with zero attached hydrogens (tertiary/aromatic N) is 5. The van der Waals surface area contributed by atoms with E-state index in [0.29, 0.717) is 30.7 Å². The van der Waals surface area contributed by atoms with Crippen LogP contribution in [0.15, 0.2) is 53.9 Å². The fraction of sp³-hybridized carbons (Fsp3) is 0.222. The fourth-order valence-corrected chi connectivity index (χ4v) is 2.25. The summed E-state index contributed by atoms with van der Waals surface area (Å²) in [6.07, 6.45) is 3.22. The number of hydrogen-bond acceptors (Lipinski definition) is 5. The Hall–Kier alpha value is -3.49. The van der Waals surface area contributed by atoms with Crippen molar-refractivity contribution in [1.82, 2.24) is 30.4 Å². The van der Waals surface area contributed by atoms with E-state index in [1.165, 1.54) is 18.5 Å². The van der Waals surface area contributed by atoms with Crippen LogP contribution in [0.2, 0.25) is 0 Å². The average Bonchev–Trinajstić information content (AvgIpc) is 3.10. The lowest BCUT2D eigenvalue weighted by atomic mass is 10.3. The number of halogens is 1. The second kappa shape index (κ2) is 8.75. The van der Waals surface area contributed by atoms with Gasteiger partial charge in [-0.1, -0.05) is 6.07 Å². The van der Waals surface area contributed by atoms with Crippen LogP contribution in [0.25, 0.3) is 0 Å². The van der Waals surface area contributed by atoms with Gasteiger partial charge in [0.2, 0.25) is 5.88 Å². The van der Waals surface area contributed by atoms with Gasteiger partial charge >= 0.3 is 0 Å². The lowest BCUT2D eigenvalue weighted by Crippen LogP contribution is -2.36. The summed E-state index contributed by atoms with van der Waals surface area (Å²) in [5, 5.41) is 10.4. The highest BCUT2D eigenvalue weighted by Gasteiger charge is 2.04. The van der Waals surface area contributed by atoms with E-state index in [9.17, 15) is 4.39 Å². The van der Waals surface area contributed by atoms with Gasteiger partial charge in [0.25, 0.3) is 0 Å². The molecule has 3 aromatic rings. The summed E-state index contributed by atoms with van der Waals surface area (Å²) < 4.78 is 20.2. The predicted octanol–water partition coefficient (Wildman–Crippen LogP) is 2.01. The van der Waals surface area contributed by atoms with Crippen LogP contribution < -0.4 is 15.4 Å². The largest absolute Gasteiger partial charge is 0.439 e. The molecule has 0 atom stereocenters. The van der Waals surface area contributed by atoms with Crippen molar-refractivity contribution in [2.75, 3.05) is 7.05 Å². The number of ether oxygens (including phenoxy) is 1. The number of aromatic nitrogens is 4. The third kappa shape index (κ3) is 5.24. The highest BCUT2D eigenvalue weighted by Crippen LogP contribution is 2.19. The topological polar surface area (TPSA) is 89.2 Å². The molecule has 0 unspecified atom stereocenters. The molecule has 9 heteroatoms. The number of nitrogens with one attached hydrogen (secondary N) is 2. The van der Waals surface area contributed by atoms with Crippen LogP contribution in [0.5, 0.6) is 11.6 Å². The molecule has 3 rings (SSSR count). The van der Waals surface area contributed by atoms with Gasteiger partial charge in [0.05, 0.1) is 6.54 Å². The van der Waals surface area contributed by atoms with Crippen molar-refractivity contribution in [1.29, 1.82) is 0 Å². The smallest absolute Gasteiger partial charge is 0.219 e. The zero-order chi connectivity index (χ0) is 19.1. The summed E-state index contributed by atoms with van der Waals surface area (Å²) in [5.41, 5.74) is 0.961. The lowest BCUT2D eigenvalue weighted by molar-refractivity contribution is 0.461. The molecule has 2 N–H and O–H groups in total. The highest BCUT2D eigenvalue weighted by molar-refractivity contribution is 5.79. The average molecular weight is 369 g/mol. The van der Waals surface area contributed by atoms with Gasteiger partial charge in [-0.3, -0.25) is 9.67 Å². The van der Waals surface area contributed by atoms with Gasteiger partial charge in [-0.25, -0.2) is 14.4 Å². The maximum Gasteiger partial charge on any atom is 0.219 e. The summed E-state index contributed by atoms with van der Waals surface area (Å²) in [6, 6.07) is 9.45. The van der Waals surface area contributed by atoms with Crippen molar-refractivity contribution >= 4 is 5.96 Å². The summed E-state index contributed by atoms with van der Waals surface area (Å²) >= 11 is 0. The number of rotatable bonds is 6. The number of pyridine rings is 1. The Kier molecular flexibility index (Phi) is 5.93. The van der Waals surface area contributed by atoms with E-state index in [1.54, 1.807) is 36.1 Å². The van der Waals surface area contributed by atoms with Crippen LogP contribution in [0.4, 0.5) is 4.39 Å². The molecule has 8 nitrogen and oxygen atoms in total. The monoisotopic (exact) mass is 369 g/mol. The maximum atomic E-state index is 12.9. The lowest BCUT2D eigenvalue weighted by Gasteiger charge is -2.11. The molecule has 0 spiro atoms. The fourth-order valence-electron chi connectivity index (χ4n) is 2.25. The van der Waals surface area contributed by atoms with Gasteiger partial charge in [0.1, 0.15) is 23.7 Å². The number of aryl methyl sites for hydroxylation is 1. The van der Waals surface area contributed by atoms with Crippen LogP contribution in [0, 0.1) is 5.82 Å². The van der Waals surface area contributed by atoms with E-state index in [0.717, 1.165) is 11.4 Å². The first-order valence-electron chi connectivity index (χ1n) is 8.30. The SMILES string of the molecule is CN=C(NCc1ccc(Oc2ccc(F)cc2)nc1)NCc1ncnn1C. The van der Waals surface area contributed by atoms with E-state index < -0.39 is 0 Å². The second-order valence-corrected chi connectivity index (χ2v) is 5.64. The molecule has 0 saturated heterocycles. The Labute approximate surface area is 156 Å². The molecule has 0 radical (unpaired) electrons. The van der Waals surface area contributed by atoms with Gasteiger partial charge in [0.15, 0.2) is 5.96 Å². The second-order valence-electron chi connectivity index (χ2n) is 5.64. The van der Waals surface area contributed by atoms with Crippen LogP contribution >= 0.6 is 0 Å². The quantitative estimate of drug-likeness (QED) is 0.510. The zero-order valence-electron chi connectivity index (χ0n) is 15.1. The van der Waals surface area contributed by atoms with Gasteiger partial charge in [0, 0.05) is 32.9 Å². The third-order valence-electron chi connectivity index (χ3n) is 3.74. The molecule has 2 aromatic heterocycles. The first-order valence-corrected chi connectivity index (χ1v) is 8.30. The minimum atomic E-state index is -0.307. The standard InChI is InChI=1S/C18H20FN7O/c1-20-18(23-11-16-24-12-25-26(16)2)22-10-13-3-8-17(21-9-13)27-15-6-4-14(19)5-7-15/h3-9,12H,10-11H2,1-2H3,(H2,20,22,23). The molecule has 0 aliphatic heterocycles. The van der Waals surface area contributed by atoms with Gasteiger partial charge in [-0.2, -0.15) is 5.10 Å². The molecule has 0 saturated carbocycles. The summed E-state index contributed by atoms with van der Waals surface area (Å²) in [7, 11) is 3.53. The third-order valence-corrected chi connectivity index (χ3v) is 3.74. The maximum absolute atomic E-state index is 12.9. The van der Waals surface area contributed by atoms with Crippen molar-refractivity contribution in [3.8, 4) is 11.6 Å². The number of guanidine groups is 1. The van der Waals surface area contributed by atoms with E-state index in [-0.39, 0.29) is 5.82 Å². The van der Waals surface area contributed by atoms with Crippen molar-refractivity contribution in [2.24, 2.45) is 12.0 Å². The molecule has 2 heterocycles. The summed E-state index contributed by atoms with van der Waals surface area (Å²) in [6.45, 7) is 1.06. The Morgan fingerprint density at radius 3 is 2.52 bits per heavy atom. The van der Waals surface area contributed by atoms with Crippen molar-refractivity contribution in [2.45, 2.75) is 13.1 Å². The Morgan fingerprint density at radius 1 is 1.11 bits per heavy atom. The van der Waals surface area contributed by atoms with Gasteiger partial charge in [-0.15, -0.1) is 0 Å². The van der Waals surface area contributed by atoms with Crippen LogP contribution in [-0.2, 0) is 20.1 Å². The number of aliphatic imine (C=N–C) groups is 1. The first-order chi connectivity index (χ1) is 13.1. The van der Waals surface area contributed by atoms with Gasteiger partial charge < -0.3 is 15.4 Å². The van der Waals surface area contributed by atoms with E-state index >= 15 is 0 Å². The van der Waals surface area contributed by atoms with Crippen molar-refractivity contribution < 1.29 is 9.13 Å². The molecule has 0 amide bonds. The molecule has 1 aromatic carbocycles. The Morgan fingerprint density at radius 2 is 1.89 bits per heavy atom. The Balaban J connectivity index is 1.50. The van der Waals surface area contributed by atoms with E-state index in [4.69, 9.17) is 4.74 Å². The predicted molar refractivity (Wildman–Crippen MR) is 98.8 cm³/mol. The molecular formula is C18H20FN7O. The normalized spacial score (nSPS) is 11.3. The number of hydrogen-bond donors (Lipinski definition) is 2. The van der Waals surface area contributed by atoms with Crippen molar-refractivity contribution in [3.05, 3.63) is 66.1 Å². The number of benzene rings is 1. The van der Waals surface area contributed by atoms with Crippen molar-refractivity contribution in [3.63, 3.8) is 0 Å². The van der Waals surface area contributed by atoms with Crippen LogP contribution in [0.1, 0.15) is 11.4 Å². The Bertz CT molecular complexity index is 891. The molecule has 27 heavy (non-hydrogen) atoms. The van der Waals surface area contributed by atoms with E-state index in [2.05, 4.69) is 30.7 Å². The molecule has 0 aliphatic rings. The summed E-state index contributed by atoms with van der Waals surface area (Å²) in [4.78, 5) is 12.6. The minimum Gasteiger partial charge on any atom is -0.439 e. The minimum absolute atomic E-state index is 0.307. The molecule has 0 aliphatic carbocycles. The molecular weight excluding hydrogens is 349 g/mol.